The van der Waals surface area contributed by atoms with E-state index in [1.54, 1.807) is 0 Å². The molecule has 2 atom stereocenters. The fourth-order valence-corrected chi connectivity index (χ4v) is 2.87. The van der Waals surface area contributed by atoms with Crippen LogP contribution in [0.15, 0.2) is 59.1 Å². The van der Waals surface area contributed by atoms with Crippen molar-refractivity contribution in [3.63, 3.8) is 0 Å². The molecule has 1 unspecified atom stereocenters. The maximum Gasteiger partial charge on any atom is 0.332 e. The van der Waals surface area contributed by atoms with Gasteiger partial charge >= 0.3 is 5.97 Å². The summed E-state index contributed by atoms with van der Waals surface area (Å²) in [5, 5.41) is 9.49. The second kappa shape index (κ2) is 8.27. The Morgan fingerprint density at radius 1 is 1.09 bits per heavy atom. The third kappa shape index (κ3) is 5.19. The number of benzene rings is 2. The Hall–Kier alpha value is -1.65. The van der Waals surface area contributed by atoms with Crippen molar-refractivity contribution in [1.82, 2.24) is 0 Å². The molecule has 0 heterocycles. The Kier molecular flexibility index (Phi) is 6.37. The van der Waals surface area contributed by atoms with Gasteiger partial charge in [0.2, 0.25) is 0 Å². The molecule has 2 aromatic carbocycles. The van der Waals surface area contributed by atoms with Gasteiger partial charge in [-0.05, 0) is 35.6 Å². The molecule has 2 rings (SSSR count). The van der Waals surface area contributed by atoms with E-state index in [4.69, 9.17) is 4.74 Å². The minimum absolute atomic E-state index is 0.245. The molecule has 0 saturated carbocycles. The summed E-state index contributed by atoms with van der Waals surface area (Å²) in [5.41, 5.74) is 1.88. The highest BCUT2D eigenvalue weighted by Gasteiger charge is 2.26. The van der Waals surface area contributed by atoms with Crippen LogP contribution in [0.4, 0.5) is 0 Å². The van der Waals surface area contributed by atoms with Gasteiger partial charge in [0.15, 0.2) is 6.10 Å². The van der Waals surface area contributed by atoms with E-state index >= 15 is 0 Å². The lowest BCUT2D eigenvalue weighted by molar-refractivity contribution is -0.154. The van der Waals surface area contributed by atoms with E-state index in [2.05, 4.69) is 15.9 Å². The molecule has 0 aliphatic carbocycles. The molecule has 23 heavy (non-hydrogen) atoms. The maximum absolute atomic E-state index is 11.6. The summed E-state index contributed by atoms with van der Waals surface area (Å²) >= 11 is 3.47. The van der Waals surface area contributed by atoms with Crippen LogP contribution in [0.5, 0.6) is 0 Å². The minimum Gasteiger partial charge on any atom is -0.479 e. The highest BCUT2D eigenvalue weighted by Crippen LogP contribution is 2.30. The van der Waals surface area contributed by atoms with E-state index in [0.717, 1.165) is 15.6 Å². The van der Waals surface area contributed by atoms with E-state index in [9.17, 15) is 9.90 Å². The van der Waals surface area contributed by atoms with Crippen LogP contribution < -0.4 is 0 Å². The molecule has 0 saturated heterocycles. The number of halogens is 1. The molecule has 0 aliphatic heterocycles. The number of aliphatic carboxylic acids is 1. The average molecular weight is 377 g/mol. The van der Waals surface area contributed by atoms with Crippen LogP contribution in [0.2, 0.25) is 0 Å². The summed E-state index contributed by atoms with van der Waals surface area (Å²) < 4.78 is 6.97. The zero-order valence-electron chi connectivity index (χ0n) is 13.3. The Morgan fingerprint density at radius 2 is 1.74 bits per heavy atom. The topological polar surface area (TPSA) is 46.5 Å². The second-order valence-corrected chi connectivity index (χ2v) is 6.85. The molecule has 1 N–H and O–H groups in total. The SMILES string of the molecule is CC(C)C[C@H](OC(c1ccccc1)c1cccc(Br)c1)C(=O)O. The summed E-state index contributed by atoms with van der Waals surface area (Å²) in [4.78, 5) is 11.6. The molecule has 3 nitrogen and oxygen atoms in total. The fourth-order valence-electron chi connectivity index (χ4n) is 2.45. The number of ether oxygens (including phenoxy) is 1. The quantitative estimate of drug-likeness (QED) is 0.734. The van der Waals surface area contributed by atoms with Crippen LogP contribution in [-0.4, -0.2) is 17.2 Å². The highest BCUT2D eigenvalue weighted by atomic mass is 79.9. The molecule has 0 aromatic heterocycles. The van der Waals surface area contributed by atoms with Crippen molar-refractivity contribution in [2.24, 2.45) is 5.92 Å². The molecule has 4 heteroatoms. The first-order valence-corrected chi connectivity index (χ1v) is 8.45. The molecular formula is C19H21BrO3. The first-order valence-electron chi connectivity index (χ1n) is 7.66. The molecule has 0 fully saturated rings. The van der Waals surface area contributed by atoms with Crippen molar-refractivity contribution in [3.8, 4) is 0 Å². The Balaban J connectivity index is 2.35. The van der Waals surface area contributed by atoms with E-state index < -0.39 is 18.2 Å². The Bertz CT molecular complexity index is 640. The normalized spacial score (nSPS) is 13.7. The summed E-state index contributed by atoms with van der Waals surface area (Å²) in [5.74, 6) is -0.676. The lowest BCUT2D eigenvalue weighted by Gasteiger charge is -2.24. The van der Waals surface area contributed by atoms with Crippen molar-refractivity contribution in [2.45, 2.75) is 32.5 Å². The molecular weight excluding hydrogens is 356 g/mol. The van der Waals surface area contributed by atoms with Crippen LogP contribution in [0.3, 0.4) is 0 Å². The zero-order chi connectivity index (χ0) is 16.8. The summed E-state index contributed by atoms with van der Waals surface area (Å²) in [6.45, 7) is 3.99. The predicted octanol–water partition coefficient (Wildman–Crippen LogP) is 5.05. The van der Waals surface area contributed by atoms with Gasteiger partial charge in [-0.2, -0.15) is 0 Å². The number of carboxylic acids is 1. The van der Waals surface area contributed by atoms with Crippen LogP contribution in [-0.2, 0) is 9.53 Å². The molecule has 0 radical (unpaired) electrons. The number of rotatable bonds is 7. The van der Waals surface area contributed by atoms with Gasteiger partial charge in [0, 0.05) is 4.47 Å². The maximum atomic E-state index is 11.6. The highest BCUT2D eigenvalue weighted by molar-refractivity contribution is 9.10. The van der Waals surface area contributed by atoms with Gasteiger partial charge in [0.1, 0.15) is 6.10 Å². The molecule has 0 bridgehead atoms. The number of hydrogen-bond donors (Lipinski definition) is 1. The van der Waals surface area contributed by atoms with Gasteiger partial charge in [0.25, 0.3) is 0 Å². The minimum atomic E-state index is -0.922. The van der Waals surface area contributed by atoms with E-state index in [-0.39, 0.29) is 5.92 Å². The van der Waals surface area contributed by atoms with E-state index in [1.165, 1.54) is 0 Å². The van der Waals surface area contributed by atoms with Crippen LogP contribution in [0.1, 0.15) is 37.5 Å². The Labute approximate surface area is 145 Å². The van der Waals surface area contributed by atoms with Crippen molar-refractivity contribution in [3.05, 3.63) is 70.2 Å². The third-order valence-corrected chi connectivity index (χ3v) is 4.01. The van der Waals surface area contributed by atoms with Crippen molar-refractivity contribution in [2.75, 3.05) is 0 Å². The summed E-state index contributed by atoms with van der Waals surface area (Å²) in [7, 11) is 0. The second-order valence-electron chi connectivity index (χ2n) is 5.94. The third-order valence-electron chi connectivity index (χ3n) is 3.52. The van der Waals surface area contributed by atoms with Gasteiger partial charge in [-0.1, -0.05) is 72.2 Å². The molecule has 0 amide bonds. The number of hydrogen-bond acceptors (Lipinski definition) is 2. The molecule has 0 aliphatic rings. The smallest absolute Gasteiger partial charge is 0.332 e. The van der Waals surface area contributed by atoms with E-state index in [1.807, 2.05) is 68.4 Å². The van der Waals surface area contributed by atoms with Gasteiger partial charge in [-0.25, -0.2) is 4.79 Å². The van der Waals surface area contributed by atoms with Crippen LogP contribution in [0.25, 0.3) is 0 Å². The average Bonchev–Trinajstić information content (AvgIpc) is 2.51. The molecule has 122 valence electrons. The number of carbonyl (C=O) groups is 1. The van der Waals surface area contributed by atoms with Gasteiger partial charge in [-0.15, -0.1) is 0 Å². The lowest BCUT2D eigenvalue weighted by atomic mass is 10.00. The first kappa shape index (κ1) is 17.7. The van der Waals surface area contributed by atoms with Crippen LogP contribution >= 0.6 is 15.9 Å². The molecule has 0 spiro atoms. The first-order chi connectivity index (χ1) is 11.0. The van der Waals surface area contributed by atoms with Crippen LogP contribution in [0, 0.1) is 5.92 Å². The number of carboxylic acid groups (broad SMARTS) is 1. The summed E-state index contributed by atoms with van der Waals surface area (Å²) in [6.07, 6.45) is -0.764. The van der Waals surface area contributed by atoms with Crippen molar-refractivity contribution < 1.29 is 14.6 Å². The van der Waals surface area contributed by atoms with Gasteiger partial charge in [-0.3, -0.25) is 0 Å². The van der Waals surface area contributed by atoms with Gasteiger partial charge in [0.05, 0.1) is 0 Å². The Morgan fingerprint density at radius 3 is 2.30 bits per heavy atom. The van der Waals surface area contributed by atoms with Gasteiger partial charge < -0.3 is 9.84 Å². The zero-order valence-corrected chi connectivity index (χ0v) is 14.9. The fraction of sp³-hybridized carbons (Fsp3) is 0.316. The monoisotopic (exact) mass is 376 g/mol. The standard InChI is InChI=1S/C19H21BrO3/c1-13(2)11-17(19(21)22)23-18(14-7-4-3-5-8-14)15-9-6-10-16(20)12-15/h3-10,12-13,17-18H,11H2,1-2H3,(H,21,22)/t17-,18?/m0/s1. The predicted molar refractivity (Wildman–Crippen MR) is 94.4 cm³/mol. The van der Waals surface area contributed by atoms with Crippen molar-refractivity contribution >= 4 is 21.9 Å². The molecule has 2 aromatic rings. The lowest BCUT2D eigenvalue weighted by Crippen LogP contribution is -2.28. The summed E-state index contributed by atoms with van der Waals surface area (Å²) in [6, 6.07) is 17.5. The van der Waals surface area contributed by atoms with Crippen molar-refractivity contribution in [1.29, 1.82) is 0 Å². The largest absolute Gasteiger partial charge is 0.479 e. The van der Waals surface area contributed by atoms with E-state index in [0.29, 0.717) is 6.42 Å².